The third-order valence-corrected chi connectivity index (χ3v) is 4.65. The minimum absolute atomic E-state index is 0.204. The maximum Gasteiger partial charge on any atom is 0.119 e. The molecular weight excluding hydrogens is 246 g/mol. The number of aliphatic hydroxyl groups is 1. The zero-order valence-electron chi connectivity index (χ0n) is 11.2. The second kappa shape index (κ2) is 5.95. The van der Waals surface area contributed by atoms with Gasteiger partial charge in [-0.05, 0) is 37.2 Å². The average Bonchev–Trinajstić information content (AvgIpc) is 2.38. The van der Waals surface area contributed by atoms with Gasteiger partial charge in [0.2, 0.25) is 0 Å². The highest BCUT2D eigenvalue weighted by molar-refractivity contribution is 7.99. The predicted octanol–water partition coefficient (Wildman–Crippen LogP) is 2.08. The van der Waals surface area contributed by atoms with Gasteiger partial charge in [-0.25, -0.2) is 0 Å². The van der Waals surface area contributed by atoms with Gasteiger partial charge in [0.25, 0.3) is 0 Å². The van der Waals surface area contributed by atoms with E-state index in [0.717, 1.165) is 34.9 Å². The number of methoxy groups -OCH3 is 1. The average molecular weight is 267 g/mol. The third-order valence-electron chi connectivity index (χ3n) is 3.60. The molecule has 2 unspecified atom stereocenters. The van der Waals surface area contributed by atoms with E-state index < -0.39 is 6.10 Å². The van der Waals surface area contributed by atoms with Gasteiger partial charge in [0.15, 0.2) is 0 Å². The van der Waals surface area contributed by atoms with Crippen LogP contribution in [0.5, 0.6) is 5.75 Å². The first-order valence-corrected chi connectivity index (χ1v) is 7.39. The Kier molecular flexibility index (Phi) is 4.54. The number of aryl methyl sites for hydroxylation is 1. The van der Waals surface area contributed by atoms with Gasteiger partial charge in [-0.1, -0.05) is 6.07 Å². The largest absolute Gasteiger partial charge is 0.497 e. The van der Waals surface area contributed by atoms with Crippen molar-refractivity contribution in [1.29, 1.82) is 0 Å². The first-order chi connectivity index (χ1) is 8.63. The predicted molar refractivity (Wildman–Crippen MR) is 76.4 cm³/mol. The van der Waals surface area contributed by atoms with Gasteiger partial charge >= 0.3 is 0 Å². The fourth-order valence-electron chi connectivity index (χ4n) is 2.35. The van der Waals surface area contributed by atoms with Crippen molar-refractivity contribution in [3.05, 3.63) is 29.3 Å². The molecule has 1 aromatic carbocycles. The van der Waals surface area contributed by atoms with Crippen molar-refractivity contribution < 1.29 is 9.84 Å². The van der Waals surface area contributed by atoms with Crippen molar-refractivity contribution in [2.45, 2.75) is 19.1 Å². The van der Waals surface area contributed by atoms with Crippen molar-refractivity contribution in [1.82, 2.24) is 4.90 Å². The van der Waals surface area contributed by atoms with Crippen molar-refractivity contribution in [2.75, 3.05) is 32.2 Å². The number of nitrogens with zero attached hydrogens (tertiary/aromatic N) is 1. The van der Waals surface area contributed by atoms with Crippen LogP contribution in [0.15, 0.2) is 18.2 Å². The molecule has 1 aliphatic rings. The molecule has 3 nitrogen and oxygen atoms in total. The molecule has 2 atom stereocenters. The molecule has 2 rings (SSSR count). The Hall–Kier alpha value is -0.710. The van der Waals surface area contributed by atoms with Gasteiger partial charge in [-0.3, -0.25) is 4.90 Å². The monoisotopic (exact) mass is 267 g/mol. The Balaban J connectivity index is 2.19. The topological polar surface area (TPSA) is 32.7 Å². The Labute approximate surface area is 113 Å². The molecule has 0 aliphatic carbocycles. The summed E-state index contributed by atoms with van der Waals surface area (Å²) in [6.45, 7) is 3.07. The highest BCUT2D eigenvalue weighted by atomic mass is 32.2. The molecule has 0 spiro atoms. The zero-order valence-corrected chi connectivity index (χ0v) is 12.0. The summed E-state index contributed by atoms with van der Waals surface area (Å²) < 4.78 is 5.20. The molecule has 100 valence electrons. The second-order valence-electron chi connectivity index (χ2n) is 4.79. The molecule has 0 saturated carbocycles. The van der Waals surface area contributed by atoms with Gasteiger partial charge in [0.1, 0.15) is 5.75 Å². The Morgan fingerprint density at radius 1 is 1.50 bits per heavy atom. The van der Waals surface area contributed by atoms with Gasteiger partial charge in [-0.2, -0.15) is 11.8 Å². The molecular formula is C14H21NO2S. The molecule has 1 heterocycles. The van der Waals surface area contributed by atoms with Crippen molar-refractivity contribution >= 4 is 11.8 Å². The fraction of sp³-hybridized carbons (Fsp3) is 0.571. The number of hydrogen-bond donors (Lipinski definition) is 1. The molecule has 1 aromatic rings. The van der Waals surface area contributed by atoms with Crippen molar-refractivity contribution in [3.8, 4) is 5.75 Å². The molecule has 0 aromatic heterocycles. The molecule has 0 amide bonds. The lowest BCUT2D eigenvalue weighted by molar-refractivity contribution is 0.0753. The summed E-state index contributed by atoms with van der Waals surface area (Å²) in [5.41, 5.74) is 2.10. The van der Waals surface area contributed by atoms with Crippen LogP contribution in [-0.2, 0) is 0 Å². The van der Waals surface area contributed by atoms with Crippen LogP contribution in [0.25, 0.3) is 0 Å². The molecule has 18 heavy (non-hydrogen) atoms. The van der Waals surface area contributed by atoms with Crippen LogP contribution >= 0.6 is 11.8 Å². The van der Waals surface area contributed by atoms with Crippen molar-refractivity contribution in [2.24, 2.45) is 0 Å². The van der Waals surface area contributed by atoms with E-state index in [1.54, 1.807) is 7.11 Å². The van der Waals surface area contributed by atoms with E-state index in [0.29, 0.717) is 0 Å². The second-order valence-corrected chi connectivity index (χ2v) is 5.94. The lowest BCUT2D eigenvalue weighted by Gasteiger charge is -2.36. The first-order valence-electron chi connectivity index (χ1n) is 6.24. The summed E-state index contributed by atoms with van der Waals surface area (Å²) in [6.07, 6.45) is -0.422. The smallest absolute Gasteiger partial charge is 0.119 e. The van der Waals surface area contributed by atoms with E-state index in [9.17, 15) is 5.11 Å². The molecule has 1 N–H and O–H groups in total. The van der Waals surface area contributed by atoms with Gasteiger partial charge in [0.05, 0.1) is 13.2 Å². The molecule has 1 aliphatic heterocycles. The fourth-order valence-corrected chi connectivity index (χ4v) is 3.61. The summed E-state index contributed by atoms with van der Waals surface area (Å²) >= 11 is 1.92. The molecule has 0 radical (unpaired) electrons. The third kappa shape index (κ3) is 2.82. The highest BCUT2D eigenvalue weighted by Crippen LogP contribution is 2.30. The van der Waals surface area contributed by atoms with E-state index in [-0.39, 0.29) is 6.04 Å². The van der Waals surface area contributed by atoms with E-state index in [2.05, 4.69) is 11.9 Å². The molecule has 4 heteroatoms. The zero-order chi connectivity index (χ0) is 13.1. The summed E-state index contributed by atoms with van der Waals surface area (Å²) in [4.78, 5) is 2.25. The highest BCUT2D eigenvalue weighted by Gasteiger charge is 2.28. The van der Waals surface area contributed by atoms with Gasteiger partial charge in [0, 0.05) is 24.1 Å². The van der Waals surface area contributed by atoms with Gasteiger partial charge in [-0.15, -0.1) is 0 Å². The standard InChI is InChI=1S/C14H21NO2S/c1-10-8-11(17-3)4-5-12(10)14(16)13-9-18-7-6-15(13)2/h4-5,8,13-14,16H,6-7,9H2,1-3H3. The van der Waals surface area contributed by atoms with Crippen LogP contribution in [0.2, 0.25) is 0 Å². The summed E-state index contributed by atoms with van der Waals surface area (Å²) in [5.74, 6) is 2.99. The Morgan fingerprint density at radius 2 is 2.28 bits per heavy atom. The van der Waals surface area contributed by atoms with Gasteiger partial charge < -0.3 is 9.84 Å². The first kappa shape index (κ1) is 13.7. The normalized spacial score (nSPS) is 22.8. The maximum absolute atomic E-state index is 10.6. The number of aliphatic hydroxyl groups excluding tert-OH is 1. The SMILES string of the molecule is COc1ccc(C(O)C2CSCCN2C)c(C)c1. The number of likely N-dealkylation sites (N-methyl/N-ethyl adjacent to an activating group) is 1. The number of hydrogen-bond acceptors (Lipinski definition) is 4. The number of rotatable bonds is 3. The van der Waals surface area contributed by atoms with Crippen LogP contribution in [0.3, 0.4) is 0 Å². The molecule has 0 bridgehead atoms. The summed E-state index contributed by atoms with van der Waals surface area (Å²) in [7, 11) is 3.75. The Bertz CT molecular complexity index is 411. The van der Waals surface area contributed by atoms with Crippen LogP contribution in [-0.4, -0.2) is 48.3 Å². The molecule has 1 fully saturated rings. The maximum atomic E-state index is 10.6. The minimum atomic E-state index is -0.422. The van der Waals surface area contributed by atoms with Crippen molar-refractivity contribution in [3.63, 3.8) is 0 Å². The van der Waals surface area contributed by atoms with E-state index in [4.69, 9.17) is 4.74 Å². The van der Waals surface area contributed by atoms with Crippen LogP contribution in [0, 0.1) is 6.92 Å². The molecule has 1 saturated heterocycles. The minimum Gasteiger partial charge on any atom is -0.497 e. The van der Waals surface area contributed by atoms with Crippen LogP contribution in [0.1, 0.15) is 17.2 Å². The lowest BCUT2D eigenvalue weighted by atomic mass is 9.97. The quantitative estimate of drug-likeness (QED) is 0.909. The van der Waals surface area contributed by atoms with E-state index in [1.807, 2.05) is 36.9 Å². The van der Waals surface area contributed by atoms with E-state index in [1.165, 1.54) is 0 Å². The summed E-state index contributed by atoms with van der Waals surface area (Å²) in [6, 6.07) is 6.08. The Morgan fingerprint density at radius 3 is 2.89 bits per heavy atom. The number of benzene rings is 1. The number of thioether (sulfide) groups is 1. The lowest BCUT2D eigenvalue weighted by Crippen LogP contribution is -2.43. The number of ether oxygens (including phenoxy) is 1. The van der Waals surface area contributed by atoms with Crippen LogP contribution < -0.4 is 4.74 Å². The van der Waals surface area contributed by atoms with Crippen LogP contribution in [0.4, 0.5) is 0 Å². The summed E-state index contributed by atoms with van der Waals surface area (Å²) in [5, 5.41) is 10.6. The van der Waals surface area contributed by atoms with E-state index >= 15 is 0 Å².